The van der Waals surface area contributed by atoms with Crippen molar-refractivity contribution in [1.82, 2.24) is 5.32 Å². The molecule has 0 amide bonds. The van der Waals surface area contributed by atoms with E-state index in [1.165, 1.54) is 11.6 Å². The number of benzene rings is 2. The zero-order chi connectivity index (χ0) is 15.5. The molecular weight excluding hydrogens is 329 g/mol. The molecule has 0 radical (unpaired) electrons. The molecule has 2 aromatic rings. The molecule has 0 heterocycles. The predicted octanol–water partition coefficient (Wildman–Crippen LogP) is 5.22. The molecule has 0 bridgehead atoms. The molecule has 112 valence electrons. The third-order valence-corrected chi connectivity index (χ3v) is 4.46. The molecule has 2 aromatic carbocycles. The topological polar surface area (TPSA) is 12.0 Å². The monoisotopic (exact) mass is 349 g/mol. The highest BCUT2D eigenvalue weighted by atomic mass is 79.9. The van der Waals surface area contributed by atoms with Crippen LogP contribution in [0.1, 0.15) is 37.9 Å². The van der Waals surface area contributed by atoms with Gasteiger partial charge in [-0.3, -0.25) is 0 Å². The molecule has 0 fully saturated rings. The van der Waals surface area contributed by atoms with Crippen LogP contribution in [0.3, 0.4) is 0 Å². The van der Waals surface area contributed by atoms with Crippen LogP contribution in [0.5, 0.6) is 0 Å². The molecule has 1 unspecified atom stereocenters. The van der Waals surface area contributed by atoms with Crippen molar-refractivity contribution in [3.63, 3.8) is 0 Å². The van der Waals surface area contributed by atoms with E-state index in [0.29, 0.717) is 4.47 Å². The largest absolute Gasteiger partial charge is 0.309 e. The van der Waals surface area contributed by atoms with Gasteiger partial charge in [0.2, 0.25) is 0 Å². The van der Waals surface area contributed by atoms with Gasteiger partial charge in [0.05, 0.1) is 4.47 Å². The van der Waals surface area contributed by atoms with Crippen LogP contribution in [0.25, 0.3) is 0 Å². The first-order valence-electron chi connectivity index (χ1n) is 7.14. The molecule has 1 N–H and O–H groups in total. The molecule has 0 saturated carbocycles. The van der Waals surface area contributed by atoms with E-state index in [4.69, 9.17) is 0 Å². The van der Waals surface area contributed by atoms with E-state index < -0.39 is 0 Å². The van der Waals surface area contributed by atoms with E-state index in [1.807, 2.05) is 18.2 Å². The lowest BCUT2D eigenvalue weighted by atomic mass is 9.84. The lowest BCUT2D eigenvalue weighted by Crippen LogP contribution is -2.34. The first kappa shape index (κ1) is 16.2. The summed E-state index contributed by atoms with van der Waals surface area (Å²) in [6.45, 7) is 7.40. The normalized spacial score (nSPS) is 13.2. The number of rotatable bonds is 5. The van der Waals surface area contributed by atoms with Crippen molar-refractivity contribution in [1.29, 1.82) is 0 Å². The van der Waals surface area contributed by atoms with Gasteiger partial charge in [-0.2, -0.15) is 0 Å². The van der Waals surface area contributed by atoms with Crippen molar-refractivity contribution in [3.05, 3.63) is 69.9 Å². The maximum absolute atomic E-state index is 13.3. The highest BCUT2D eigenvalue weighted by Gasteiger charge is 2.21. The highest BCUT2D eigenvalue weighted by molar-refractivity contribution is 9.10. The molecular formula is C18H21BrFN. The fraction of sp³-hybridized carbons (Fsp3) is 0.333. The maximum atomic E-state index is 13.3. The van der Waals surface area contributed by atoms with Gasteiger partial charge in [0.1, 0.15) is 5.82 Å². The van der Waals surface area contributed by atoms with Crippen LogP contribution >= 0.6 is 15.9 Å². The van der Waals surface area contributed by atoms with Crippen LogP contribution in [-0.4, -0.2) is 6.54 Å². The Morgan fingerprint density at radius 2 is 1.81 bits per heavy atom. The second-order valence-electron chi connectivity index (χ2n) is 6.03. The van der Waals surface area contributed by atoms with Gasteiger partial charge < -0.3 is 5.32 Å². The summed E-state index contributed by atoms with van der Waals surface area (Å²) >= 11 is 3.24. The minimum absolute atomic E-state index is 0.0484. The van der Waals surface area contributed by atoms with Crippen LogP contribution in [0.4, 0.5) is 4.39 Å². The van der Waals surface area contributed by atoms with E-state index in [0.717, 1.165) is 12.1 Å². The second kappa shape index (κ2) is 6.71. The summed E-state index contributed by atoms with van der Waals surface area (Å²) in [5.41, 5.74) is 2.43. The van der Waals surface area contributed by atoms with Crippen LogP contribution in [-0.2, 0) is 5.41 Å². The van der Waals surface area contributed by atoms with Gasteiger partial charge in [0.15, 0.2) is 0 Å². The summed E-state index contributed by atoms with van der Waals surface area (Å²) < 4.78 is 13.8. The zero-order valence-electron chi connectivity index (χ0n) is 12.7. The molecule has 1 atom stereocenters. The standard InChI is InChI=1S/C18H21BrFN/c1-13(14-9-10-17(20)16(19)11-14)21-12-18(2,3)15-7-5-4-6-8-15/h4-11,13,21H,12H2,1-3H3. The van der Waals surface area contributed by atoms with Crippen molar-refractivity contribution >= 4 is 15.9 Å². The fourth-order valence-corrected chi connectivity index (χ4v) is 2.70. The molecule has 0 aromatic heterocycles. The Balaban J connectivity index is 2.03. The first-order chi connectivity index (χ1) is 9.90. The minimum atomic E-state index is -0.226. The summed E-state index contributed by atoms with van der Waals surface area (Å²) in [6.07, 6.45) is 0. The van der Waals surface area contributed by atoms with Crippen molar-refractivity contribution in [3.8, 4) is 0 Å². The highest BCUT2D eigenvalue weighted by Crippen LogP contribution is 2.25. The van der Waals surface area contributed by atoms with E-state index >= 15 is 0 Å². The summed E-state index contributed by atoms with van der Waals surface area (Å²) in [4.78, 5) is 0. The molecule has 0 aliphatic carbocycles. The van der Waals surface area contributed by atoms with Crippen LogP contribution in [0.15, 0.2) is 53.0 Å². The Morgan fingerprint density at radius 1 is 1.14 bits per heavy atom. The quantitative estimate of drug-likeness (QED) is 0.780. The summed E-state index contributed by atoms with van der Waals surface area (Å²) in [7, 11) is 0. The predicted molar refractivity (Wildman–Crippen MR) is 90.0 cm³/mol. The lowest BCUT2D eigenvalue weighted by Gasteiger charge is -2.28. The van der Waals surface area contributed by atoms with Gasteiger partial charge in [0, 0.05) is 18.0 Å². The maximum Gasteiger partial charge on any atom is 0.137 e. The van der Waals surface area contributed by atoms with E-state index in [1.54, 1.807) is 0 Å². The summed E-state index contributed by atoms with van der Waals surface area (Å²) in [6, 6.07) is 15.8. The fourth-order valence-electron chi connectivity index (χ4n) is 2.30. The van der Waals surface area contributed by atoms with Crippen molar-refractivity contribution in [2.24, 2.45) is 0 Å². The number of nitrogens with one attached hydrogen (secondary N) is 1. The van der Waals surface area contributed by atoms with Gasteiger partial charge in [-0.1, -0.05) is 50.2 Å². The Labute approximate surface area is 134 Å². The van der Waals surface area contributed by atoms with E-state index in [-0.39, 0.29) is 17.3 Å². The van der Waals surface area contributed by atoms with Crippen LogP contribution < -0.4 is 5.32 Å². The molecule has 3 heteroatoms. The molecule has 2 rings (SSSR count). The van der Waals surface area contributed by atoms with Crippen LogP contribution in [0.2, 0.25) is 0 Å². The average molecular weight is 350 g/mol. The third-order valence-electron chi connectivity index (χ3n) is 3.85. The minimum Gasteiger partial charge on any atom is -0.309 e. The molecule has 0 aliphatic heterocycles. The summed E-state index contributed by atoms with van der Waals surface area (Å²) in [5, 5.41) is 3.54. The Hall–Kier alpha value is -1.19. The van der Waals surface area contributed by atoms with Gasteiger partial charge in [-0.25, -0.2) is 4.39 Å². The third kappa shape index (κ3) is 4.14. The van der Waals surface area contributed by atoms with Gasteiger partial charge in [0.25, 0.3) is 0 Å². The Bertz CT molecular complexity index is 595. The zero-order valence-corrected chi connectivity index (χ0v) is 14.2. The van der Waals surface area contributed by atoms with E-state index in [9.17, 15) is 4.39 Å². The van der Waals surface area contributed by atoms with Gasteiger partial charge >= 0.3 is 0 Å². The summed E-state index contributed by atoms with van der Waals surface area (Å²) in [5.74, 6) is -0.226. The van der Waals surface area contributed by atoms with Crippen molar-refractivity contribution in [2.75, 3.05) is 6.54 Å². The van der Waals surface area contributed by atoms with Crippen molar-refractivity contribution in [2.45, 2.75) is 32.2 Å². The Morgan fingerprint density at radius 3 is 2.43 bits per heavy atom. The van der Waals surface area contributed by atoms with Crippen LogP contribution in [0, 0.1) is 5.82 Å². The molecule has 1 nitrogen and oxygen atoms in total. The smallest absolute Gasteiger partial charge is 0.137 e. The molecule has 0 saturated heterocycles. The van der Waals surface area contributed by atoms with Crippen molar-refractivity contribution < 1.29 is 4.39 Å². The number of hydrogen-bond donors (Lipinski definition) is 1. The average Bonchev–Trinajstić information content (AvgIpc) is 2.48. The number of halogens is 2. The first-order valence-corrected chi connectivity index (χ1v) is 7.93. The molecule has 21 heavy (non-hydrogen) atoms. The van der Waals surface area contributed by atoms with E-state index in [2.05, 4.69) is 66.3 Å². The van der Waals surface area contributed by atoms with Gasteiger partial charge in [-0.15, -0.1) is 0 Å². The molecule has 0 spiro atoms. The number of hydrogen-bond acceptors (Lipinski definition) is 1. The van der Waals surface area contributed by atoms with Gasteiger partial charge in [-0.05, 0) is 46.1 Å². The molecule has 0 aliphatic rings. The SMILES string of the molecule is CC(NCC(C)(C)c1ccccc1)c1ccc(F)c(Br)c1. The second-order valence-corrected chi connectivity index (χ2v) is 6.88. The Kier molecular flexibility index (Phi) is 5.17. The lowest BCUT2D eigenvalue weighted by molar-refractivity contribution is 0.435.